The van der Waals surface area contributed by atoms with Crippen molar-refractivity contribution in [3.05, 3.63) is 21.9 Å². The summed E-state index contributed by atoms with van der Waals surface area (Å²) in [5.41, 5.74) is 7.68. The van der Waals surface area contributed by atoms with Crippen molar-refractivity contribution in [2.45, 2.75) is 38.6 Å². The Bertz CT molecular complexity index is 539. The Morgan fingerprint density at radius 3 is 2.95 bits per heavy atom. The smallest absolute Gasteiger partial charge is 0.211 e. The van der Waals surface area contributed by atoms with Gasteiger partial charge in [0.15, 0.2) is 0 Å². The quantitative estimate of drug-likeness (QED) is 0.907. The Kier molecular flexibility index (Phi) is 5.23. The number of sulfonamides is 1. The van der Waals surface area contributed by atoms with E-state index in [1.54, 1.807) is 15.6 Å². The third kappa shape index (κ3) is 3.81. The van der Waals surface area contributed by atoms with Crippen LogP contribution < -0.4 is 5.73 Å². The molecule has 0 aromatic carbocycles. The maximum atomic E-state index is 11.6. The van der Waals surface area contributed by atoms with Crippen LogP contribution in [0.5, 0.6) is 0 Å². The van der Waals surface area contributed by atoms with E-state index in [9.17, 15) is 8.42 Å². The number of aryl methyl sites for hydroxylation is 1. The SMILES string of the molecule is CCc1ccsc1C(N)CC1CCCN(S(C)(=O)=O)C1. The molecule has 2 heterocycles. The molecule has 1 aliphatic rings. The number of thiophene rings is 1. The maximum absolute atomic E-state index is 11.6. The van der Waals surface area contributed by atoms with Gasteiger partial charge in [-0.05, 0) is 48.6 Å². The lowest BCUT2D eigenvalue weighted by molar-refractivity contribution is 0.247. The van der Waals surface area contributed by atoms with Gasteiger partial charge in [-0.1, -0.05) is 6.92 Å². The van der Waals surface area contributed by atoms with Crippen molar-refractivity contribution in [2.75, 3.05) is 19.3 Å². The third-order valence-corrected chi connectivity index (χ3v) is 6.40. The third-order valence-electron chi connectivity index (χ3n) is 4.04. The van der Waals surface area contributed by atoms with Gasteiger partial charge in [0, 0.05) is 24.0 Å². The summed E-state index contributed by atoms with van der Waals surface area (Å²) in [6.45, 7) is 3.42. The Morgan fingerprint density at radius 2 is 2.30 bits per heavy atom. The molecule has 2 atom stereocenters. The minimum atomic E-state index is -3.07. The maximum Gasteiger partial charge on any atom is 0.211 e. The van der Waals surface area contributed by atoms with Crippen molar-refractivity contribution >= 4 is 21.4 Å². The molecule has 2 rings (SSSR count). The van der Waals surface area contributed by atoms with Crippen molar-refractivity contribution in [1.82, 2.24) is 4.31 Å². The second kappa shape index (κ2) is 6.56. The first kappa shape index (κ1) is 15.9. The summed E-state index contributed by atoms with van der Waals surface area (Å²) in [6.07, 6.45) is 5.19. The first-order chi connectivity index (χ1) is 9.41. The largest absolute Gasteiger partial charge is 0.323 e. The molecule has 114 valence electrons. The first-order valence-electron chi connectivity index (χ1n) is 7.18. The molecule has 1 fully saturated rings. The molecule has 4 nitrogen and oxygen atoms in total. The van der Waals surface area contributed by atoms with Gasteiger partial charge in [0.2, 0.25) is 10.0 Å². The zero-order chi connectivity index (χ0) is 14.8. The van der Waals surface area contributed by atoms with E-state index >= 15 is 0 Å². The molecule has 2 N–H and O–H groups in total. The highest BCUT2D eigenvalue weighted by molar-refractivity contribution is 7.88. The summed E-state index contributed by atoms with van der Waals surface area (Å²) in [6, 6.07) is 2.18. The molecule has 0 spiro atoms. The lowest BCUT2D eigenvalue weighted by Crippen LogP contribution is -2.40. The number of rotatable bonds is 5. The molecule has 0 amide bonds. The van der Waals surface area contributed by atoms with Crippen LogP contribution in [0, 0.1) is 5.92 Å². The second-order valence-electron chi connectivity index (χ2n) is 5.64. The van der Waals surface area contributed by atoms with Gasteiger partial charge in [-0.2, -0.15) is 0 Å². The summed E-state index contributed by atoms with van der Waals surface area (Å²) >= 11 is 1.72. The fourth-order valence-corrected chi connectivity index (χ4v) is 4.91. The van der Waals surface area contributed by atoms with Gasteiger partial charge in [0.1, 0.15) is 0 Å². The lowest BCUT2D eigenvalue weighted by atomic mass is 9.91. The number of hydrogen-bond acceptors (Lipinski definition) is 4. The average molecular weight is 316 g/mol. The summed E-state index contributed by atoms with van der Waals surface area (Å²) in [4.78, 5) is 1.27. The predicted molar refractivity (Wildman–Crippen MR) is 84.4 cm³/mol. The predicted octanol–water partition coefficient (Wildman–Crippen LogP) is 2.37. The van der Waals surface area contributed by atoms with Crippen molar-refractivity contribution < 1.29 is 8.42 Å². The van der Waals surface area contributed by atoms with E-state index in [1.165, 1.54) is 16.7 Å². The van der Waals surface area contributed by atoms with E-state index in [2.05, 4.69) is 18.4 Å². The molecule has 1 aliphatic heterocycles. The molecule has 1 aromatic heterocycles. The summed E-state index contributed by atoms with van der Waals surface area (Å²) in [5.74, 6) is 0.375. The summed E-state index contributed by atoms with van der Waals surface area (Å²) < 4.78 is 24.9. The first-order valence-corrected chi connectivity index (χ1v) is 9.91. The van der Waals surface area contributed by atoms with E-state index in [4.69, 9.17) is 5.73 Å². The summed E-state index contributed by atoms with van der Waals surface area (Å²) in [7, 11) is -3.07. The molecule has 2 unspecified atom stereocenters. The Labute approximate surface area is 126 Å². The van der Waals surface area contributed by atoms with Crippen molar-refractivity contribution in [3.8, 4) is 0 Å². The van der Waals surface area contributed by atoms with Gasteiger partial charge >= 0.3 is 0 Å². The van der Waals surface area contributed by atoms with Crippen LogP contribution in [0.2, 0.25) is 0 Å². The van der Waals surface area contributed by atoms with Gasteiger partial charge in [-0.15, -0.1) is 11.3 Å². The number of hydrogen-bond donors (Lipinski definition) is 1. The highest BCUT2D eigenvalue weighted by atomic mass is 32.2. The standard InChI is InChI=1S/C14H24N2O2S2/c1-3-12-6-8-19-14(12)13(15)9-11-5-4-7-16(10-11)20(2,17)18/h6,8,11,13H,3-5,7,9-10,15H2,1-2H3. The van der Waals surface area contributed by atoms with Gasteiger partial charge in [0.25, 0.3) is 0 Å². The fraction of sp³-hybridized carbons (Fsp3) is 0.714. The molecule has 1 saturated heterocycles. The van der Waals surface area contributed by atoms with Crippen LogP contribution in [0.25, 0.3) is 0 Å². The minimum absolute atomic E-state index is 0.0365. The van der Waals surface area contributed by atoms with Gasteiger partial charge < -0.3 is 5.73 Å². The normalized spacial score (nSPS) is 22.9. The Balaban J connectivity index is 1.99. The zero-order valence-electron chi connectivity index (χ0n) is 12.2. The van der Waals surface area contributed by atoms with Gasteiger partial charge in [0.05, 0.1) is 6.26 Å². The zero-order valence-corrected chi connectivity index (χ0v) is 13.8. The fourth-order valence-electron chi connectivity index (χ4n) is 2.95. The van der Waals surface area contributed by atoms with Crippen molar-refractivity contribution in [2.24, 2.45) is 11.7 Å². The minimum Gasteiger partial charge on any atom is -0.323 e. The van der Waals surface area contributed by atoms with E-state index in [0.29, 0.717) is 19.0 Å². The monoisotopic (exact) mass is 316 g/mol. The van der Waals surface area contributed by atoms with Gasteiger partial charge in [-0.3, -0.25) is 0 Å². The van der Waals surface area contributed by atoms with Crippen LogP contribution in [0.1, 0.15) is 42.7 Å². The summed E-state index contributed by atoms with van der Waals surface area (Å²) in [5, 5.41) is 2.09. The molecule has 0 radical (unpaired) electrons. The van der Waals surface area contributed by atoms with Gasteiger partial charge in [-0.25, -0.2) is 12.7 Å². The van der Waals surface area contributed by atoms with E-state index in [0.717, 1.165) is 25.7 Å². The van der Waals surface area contributed by atoms with E-state index in [-0.39, 0.29) is 6.04 Å². The number of nitrogens with two attached hydrogens (primary N) is 1. The highest BCUT2D eigenvalue weighted by Gasteiger charge is 2.27. The molecule has 1 aromatic rings. The van der Waals surface area contributed by atoms with Crippen LogP contribution in [-0.4, -0.2) is 32.1 Å². The van der Waals surface area contributed by atoms with Crippen LogP contribution in [0.15, 0.2) is 11.4 Å². The Morgan fingerprint density at radius 1 is 1.55 bits per heavy atom. The highest BCUT2D eigenvalue weighted by Crippen LogP contribution is 2.31. The topological polar surface area (TPSA) is 63.4 Å². The van der Waals surface area contributed by atoms with Crippen molar-refractivity contribution in [3.63, 3.8) is 0 Å². The molecule has 0 saturated carbocycles. The molecular formula is C14H24N2O2S2. The Hall–Kier alpha value is -0.430. The number of nitrogens with zero attached hydrogens (tertiary/aromatic N) is 1. The van der Waals surface area contributed by atoms with Crippen LogP contribution in [-0.2, 0) is 16.4 Å². The molecule has 20 heavy (non-hydrogen) atoms. The van der Waals surface area contributed by atoms with Crippen molar-refractivity contribution in [1.29, 1.82) is 0 Å². The molecule has 0 bridgehead atoms. The number of piperidine rings is 1. The van der Waals surface area contributed by atoms with E-state index < -0.39 is 10.0 Å². The second-order valence-corrected chi connectivity index (χ2v) is 8.57. The lowest BCUT2D eigenvalue weighted by Gasteiger charge is -2.32. The molecule has 0 aliphatic carbocycles. The van der Waals surface area contributed by atoms with Crippen LogP contribution in [0.3, 0.4) is 0 Å². The average Bonchev–Trinajstić information content (AvgIpc) is 2.86. The molecule has 6 heteroatoms. The van der Waals surface area contributed by atoms with Crippen LogP contribution >= 0.6 is 11.3 Å². The van der Waals surface area contributed by atoms with E-state index in [1.807, 2.05) is 0 Å². The molecular weight excluding hydrogens is 292 g/mol. The van der Waals surface area contributed by atoms with Crippen LogP contribution in [0.4, 0.5) is 0 Å².